The van der Waals surface area contributed by atoms with E-state index in [1.807, 2.05) is 25.5 Å². The molecule has 0 aliphatic rings. The van der Waals surface area contributed by atoms with E-state index in [0.717, 1.165) is 16.7 Å². The van der Waals surface area contributed by atoms with Crippen LogP contribution in [0.1, 0.15) is 12.6 Å². The van der Waals surface area contributed by atoms with E-state index in [-0.39, 0.29) is 0 Å². The van der Waals surface area contributed by atoms with Gasteiger partial charge in [0.1, 0.15) is 6.07 Å². The summed E-state index contributed by atoms with van der Waals surface area (Å²) in [5.41, 5.74) is 1.31. The zero-order chi connectivity index (χ0) is 9.68. The number of halogens is 1. The van der Waals surface area contributed by atoms with Crippen LogP contribution in [0.3, 0.4) is 0 Å². The number of anilines is 1. The van der Waals surface area contributed by atoms with Crippen LogP contribution in [0.25, 0.3) is 0 Å². The number of nitrogens with zero attached hydrogens (tertiary/aromatic N) is 2. The number of rotatable bonds is 3. The van der Waals surface area contributed by atoms with Crippen molar-refractivity contribution in [2.24, 2.45) is 0 Å². The van der Waals surface area contributed by atoms with Crippen molar-refractivity contribution in [3.05, 3.63) is 28.9 Å². The maximum Gasteiger partial charge on any atom is 0.154 e. The van der Waals surface area contributed by atoms with Gasteiger partial charge < -0.3 is 5.32 Å². The van der Waals surface area contributed by atoms with E-state index in [2.05, 4.69) is 26.2 Å². The molecule has 0 spiro atoms. The second kappa shape index (κ2) is 4.83. The molecule has 1 aromatic rings. The fraction of sp³-hybridized carbons (Fsp3) is 0.222. The predicted molar refractivity (Wildman–Crippen MR) is 55.1 cm³/mol. The van der Waals surface area contributed by atoms with Gasteiger partial charge in [0.05, 0.1) is 16.4 Å². The van der Waals surface area contributed by atoms with Crippen LogP contribution in [0.5, 0.6) is 0 Å². The van der Waals surface area contributed by atoms with E-state index in [0.29, 0.717) is 5.69 Å². The van der Waals surface area contributed by atoms with E-state index in [4.69, 9.17) is 5.26 Å². The second-order valence-corrected chi connectivity index (χ2v) is 3.31. The summed E-state index contributed by atoms with van der Waals surface area (Å²) in [4.78, 5) is 3.97. The third-order valence-corrected chi connectivity index (χ3v) is 2.06. The molecule has 0 saturated carbocycles. The van der Waals surface area contributed by atoms with Crippen LogP contribution >= 0.6 is 15.9 Å². The number of aromatic nitrogens is 1. The summed E-state index contributed by atoms with van der Waals surface area (Å²) in [6, 6.07) is 3.83. The Morgan fingerprint density at radius 2 is 2.54 bits per heavy atom. The molecule has 0 aliphatic carbocycles. The fourth-order valence-electron chi connectivity index (χ4n) is 0.837. The van der Waals surface area contributed by atoms with Crippen LogP contribution in [0.15, 0.2) is 16.7 Å². The van der Waals surface area contributed by atoms with Crippen molar-refractivity contribution in [2.75, 3.05) is 11.9 Å². The molecule has 0 fully saturated rings. The molecule has 0 aromatic carbocycles. The third kappa shape index (κ3) is 2.71. The van der Waals surface area contributed by atoms with E-state index in [9.17, 15) is 0 Å². The summed E-state index contributed by atoms with van der Waals surface area (Å²) in [7, 11) is 0. The molecule has 67 valence electrons. The van der Waals surface area contributed by atoms with Crippen molar-refractivity contribution in [2.45, 2.75) is 6.92 Å². The van der Waals surface area contributed by atoms with Gasteiger partial charge in [-0.1, -0.05) is 6.92 Å². The first-order valence-corrected chi connectivity index (χ1v) is 4.64. The molecule has 4 heteroatoms. The Labute approximate surface area is 85.9 Å². The highest BCUT2D eigenvalue weighted by atomic mass is 79.9. The maximum atomic E-state index is 8.62. The number of nitriles is 1. The van der Waals surface area contributed by atoms with E-state index in [1.54, 1.807) is 6.20 Å². The highest BCUT2D eigenvalue weighted by molar-refractivity contribution is 9.10. The van der Waals surface area contributed by atoms with Gasteiger partial charge in [0.2, 0.25) is 0 Å². The molecule has 1 radical (unpaired) electrons. The molecule has 1 N–H and O–H groups in total. The maximum absolute atomic E-state index is 8.62. The average Bonchev–Trinajstić information content (AvgIpc) is 2.15. The molecule has 0 bridgehead atoms. The monoisotopic (exact) mass is 238 g/mol. The van der Waals surface area contributed by atoms with Gasteiger partial charge in [-0.25, -0.2) is 4.98 Å². The Morgan fingerprint density at radius 1 is 1.77 bits per heavy atom. The molecule has 1 rings (SSSR count). The Bertz CT molecular complexity index is 330. The molecular weight excluding hydrogens is 230 g/mol. The lowest BCUT2D eigenvalue weighted by Gasteiger charge is -2.04. The van der Waals surface area contributed by atoms with Crippen molar-refractivity contribution < 1.29 is 0 Å². The van der Waals surface area contributed by atoms with Gasteiger partial charge in [0.15, 0.2) is 5.69 Å². The average molecular weight is 239 g/mol. The van der Waals surface area contributed by atoms with Gasteiger partial charge in [-0.15, -0.1) is 0 Å². The summed E-state index contributed by atoms with van der Waals surface area (Å²) < 4.78 is 0.719. The van der Waals surface area contributed by atoms with Gasteiger partial charge in [-0.3, -0.25) is 0 Å². The van der Waals surface area contributed by atoms with Crippen LogP contribution in [0.4, 0.5) is 5.69 Å². The largest absolute Gasteiger partial charge is 0.383 e. The summed E-state index contributed by atoms with van der Waals surface area (Å²) in [5, 5.41) is 11.7. The van der Waals surface area contributed by atoms with E-state index >= 15 is 0 Å². The van der Waals surface area contributed by atoms with Crippen LogP contribution in [0, 0.1) is 17.8 Å². The number of hydrogen-bond acceptors (Lipinski definition) is 3. The molecular formula is C9H9BrN3. The first-order chi connectivity index (χ1) is 6.27. The lowest BCUT2D eigenvalue weighted by Crippen LogP contribution is -2.01. The van der Waals surface area contributed by atoms with Gasteiger partial charge in [0.25, 0.3) is 0 Å². The summed E-state index contributed by atoms with van der Waals surface area (Å²) in [6.45, 7) is 2.76. The smallest absolute Gasteiger partial charge is 0.154 e. The second-order valence-electron chi connectivity index (χ2n) is 2.46. The molecule has 0 saturated heterocycles. The number of hydrogen-bond donors (Lipinski definition) is 1. The van der Waals surface area contributed by atoms with Crippen LogP contribution in [0.2, 0.25) is 0 Å². The molecule has 0 atom stereocenters. The fourth-order valence-corrected chi connectivity index (χ4v) is 1.27. The van der Waals surface area contributed by atoms with Crippen LogP contribution < -0.4 is 5.32 Å². The molecule has 0 unspecified atom stereocenters. The van der Waals surface area contributed by atoms with Gasteiger partial charge >= 0.3 is 0 Å². The molecule has 0 amide bonds. The van der Waals surface area contributed by atoms with Crippen molar-refractivity contribution in [1.82, 2.24) is 4.98 Å². The minimum absolute atomic E-state index is 0.408. The minimum Gasteiger partial charge on any atom is -0.383 e. The standard InChI is InChI=1S/C9H9BrN3/c1-2-3-12-7-4-8(10)9(5-11)13-6-7/h2,4,6,12H,3H2,1H3. The zero-order valence-electron chi connectivity index (χ0n) is 7.21. The van der Waals surface area contributed by atoms with E-state index in [1.165, 1.54) is 0 Å². The lowest BCUT2D eigenvalue weighted by atomic mass is 10.3. The summed E-state index contributed by atoms with van der Waals surface area (Å²) in [6.07, 6.45) is 3.65. The Morgan fingerprint density at radius 3 is 3.08 bits per heavy atom. The number of pyridine rings is 1. The molecule has 3 nitrogen and oxygen atoms in total. The van der Waals surface area contributed by atoms with Gasteiger partial charge in [0, 0.05) is 6.54 Å². The predicted octanol–water partition coefficient (Wildman–Crippen LogP) is 2.35. The number of nitrogens with one attached hydrogen (secondary N) is 1. The van der Waals surface area contributed by atoms with Gasteiger partial charge in [-0.2, -0.15) is 5.26 Å². The first-order valence-electron chi connectivity index (χ1n) is 3.85. The Balaban J connectivity index is 2.79. The molecule has 0 aliphatic heterocycles. The normalized spacial score (nSPS) is 9.31. The van der Waals surface area contributed by atoms with Crippen molar-refractivity contribution in [1.29, 1.82) is 5.26 Å². The molecule has 1 heterocycles. The van der Waals surface area contributed by atoms with E-state index < -0.39 is 0 Å². The quantitative estimate of drug-likeness (QED) is 0.880. The highest BCUT2D eigenvalue weighted by Crippen LogP contribution is 2.17. The van der Waals surface area contributed by atoms with Crippen LogP contribution in [-0.2, 0) is 0 Å². The topological polar surface area (TPSA) is 48.7 Å². The summed E-state index contributed by atoms with van der Waals surface area (Å²) in [5.74, 6) is 0. The van der Waals surface area contributed by atoms with Crippen molar-refractivity contribution >= 4 is 21.6 Å². The minimum atomic E-state index is 0.408. The van der Waals surface area contributed by atoms with Crippen LogP contribution in [-0.4, -0.2) is 11.5 Å². The highest BCUT2D eigenvalue weighted by Gasteiger charge is 2.00. The molecule has 1 aromatic heterocycles. The Hall–Kier alpha value is -1.08. The zero-order valence-corrected chi connectivity index (χ0v) is 8.80. The Kier molecular flexibility index (Phi) is 3.71. The van der Waals surface area contributed by atoms with Crippen molar-refractivity contribution in [3.8, 4) is 6.07 Å². The first kappa shape index (κ1) is 10.0. The van der Waals surface area contributed by atoms with Crippen molar-refractivity contribution in [3.63, 3.8) is 0 Å². The summed E-state index contributed by atoms with van der Waals surface area (Å²) >= 11 is 3.26. The molecule has 13 heavy (non-hydrogen) atoms. The van der Waals surface area contributed by atoms with Gasteiger partial charge in [-0.05, 0) is 28.4 Å². The third-order valence-electron chi connectivity index (χ3n) is 1.46. The SMILES string of the molecule is C[CH]CNc1cnc(C#N)c(Br)c1. The lowest BCUT2D eigenvalue weighted by molar-refractivity contribution is 1.17.